The van der Waals surface area contributed by atoms with Crippen LogP contribution in [0.1, 0.15) is 24.0 Å². The largest absolute Gasteiger partial charge is 0.497 e. The monoisotopic (exact) mass is 341 g/mol. The van der Waals surface area contributed by atoms with Gasteiger partial charge in [-0.1, -0.05) is 24.3 Å². The molecule has 1 fully saturated rings. The van der Waals surface area contributed by atoms with E-state index in [2.05, 4.69) is 0 Å². The molecule has 0 bridgehead atoms. The van der Waals surface area contributed by atoms with Crippen molar-refractivity contribution in [3.8, 4) is 5.75 Å². The molecule has 25 heavy (non-hydrogen) atoms. The number of aliphatic hydroxyl groups excluding tert-OH is 1. The SMILES string of the molecule is COc1ccc(COCc2ccc(N3C(=O)CCC3CO)cc2)cc1. The average Bonchev–Trinajstić information content (AvgIpc) is 3.03. The van der Waals surface area contributed by atoms with Crippen molar-refractivity contribution in [3.63, 3.8) is 0 Å². The Bertz CT molecular complexity index is 697. The number of aliphatic hydroxyl groups is 1. The Labute approximate surface area is 147 Å². The van der Waals surface area contributed by atoms with E-state index in [1.165, 1.54) is 0 Å². The van der Waals surface area contributed by atoms with Gasteiger partial charge in [-0.05, 0) is 41.8 Å². The predicted octanol–water partition coefficient (Wildman–Crippen LogP) is 2.90. The van der Waals surface area contributed by atoms with Crippen LogP contribution in [-0.2, 0) is 22.7 Å². The van der Waals surface area contributed by atoms with Gasteiger partial charge in [-0.3, -0.25) is 4.79 Å². The molecule has 1 N–H and O–H groups in total. The predicted molar refractivity (Wildman–Crippen MR) is 95.5 cm³/mol. The summed E-state index contributed by atoms with van der Waals surface area (Å²) in [6.45, 7) is 1.03. The Morgan fingerprint density at radius 3 is 2.20 bits per heavy atom. The number of methoxy groups -OCH3 is 1. The number of hydrogen-bond donors (Lipinski definition) is 1. The van der Waals surface area contributed by atoms with Crippen LogP contribution in [0.3, 0.4) is 0 Å². The molecule has 2 aromatic rings. The lowest BCUT2D eigenvalue weighted by Gasteiger charge is -2.23. The van der Waals surface area contributed by atoms with Gasteiger partial charge in [0, 0.05) is 12.1 Å². The molecule has 2 aromatic carbocycles. The minimum atomic E-state index is -0.107. The fraction of sp³-hybridized carbons (Fsp3) is 0.350. The second-order valence-electron chi connectivity index (χ2n) is 6.15. The van der Waals surface area contributed by atoms with Gasteiger partial charge in [0.1, 0.15) is 5.75 Å². The fourth-order valence-electron chi connectivity index (χ4n) is 3.03. The number of nitrogens with zero attached hydrogens (tertiary/aromatic N) is 1. The van der Waals surface area contributed by atoms with E-state index in [9.17, 15) is 9.90 Å². The summed E-state index contributed by atoms with van der Waals surface area (Å²) in [6.07, 6.45) is 1.21. The first-order valence-electron chi connectivity index (χ1n) is 8.44. The van der Waals surface area contributed by atoms with Crippen molar-refractivity contribution in [3.05, 3.63) is 59.7 Å². The summed E-state index contributed by atoms with van der Waals surface area (Å²) in [7, 11) is 1.65. The second-order valence-corrected chi connectivity index (χ2v) is 6.15. The summed E-state index contributed by atoms with van der Waals surface area (Å²) >= 11 is 0. The fourth-order valence-corrected chi connectivity index (χ4v) is 3.03. The molecule has 1 unspecified atom stereocenters. The molecule has 0 radical (unpaired) electrons. The van der Waals surface area contributed by atoms with Gasteiger partial charge >= 0.3 is 0 Å². The molecule has 5 nitrogen and oxygen atoms in total. The zero-order chi connectivity index (χ0) is 17.6. The van der Waals surface area contributed by atoms with Gasteiger partial charge in [-0.15, -0.1) is 0 Å². The first kappa shape index (κ1) is 17.5. The molecule has 0 spiro atoms. The summed E-state index contributed by atoms with van der Waals surface area (Å²) in [6, 6.07) is 15.4. The van der Waals surface area contributed by atoms with Gasteiger partial charge in [0.25, 0.3) is 0 Å². The first-order valence-corrected chi connectivity index (χ1v) is 8.44. The van der Waals surface area contributed by atoms with Gasteiger partial charge < -0.3 is 19.5 Å². The highest BCUT2D eigenvalue weighted by Gasteiger charge is 2.31. The quantitative estimate of drug-likeness (QED) is 0.841. The zero-order valence-electron chi connectivity index (χ0n) is 14.4. The molecule has 0 saturated carbocycles. The lowest BCUT2D eigenvalue weighted by Crippen LogP contribution is -2.35. The zero-order valence-corrected chi connectivity index (χ0v) is 14.4. The third-order valence-electron chi connectivity index (χ3n) is 4.45. The highest BCUT2D eigenvalue weighted by atomic mass is 16.5. The second kappa shape index (κ2) is 8.14. The van der Waals surface area contributed by atoms with E-state index >= 15 is 0 Å². The van der Waals surface area contributed by atoms with Gasteiger partial charge in [-0.2, -0.15) is 0 Å². The van der Waals surface area contributed by atoms with E-state index in [0.29, 0.717) is 26.1 Å². The number of benzene rings is 2. The van der Waals surface area contributed by atoms with Crippen molar-refractivity contribution < 1.29 is 19.4 Å². The molecule has 1 aliphatic rings. The number of amides is 1. The van der Waals surface area contributed by atoms with Crippen LogP contribution < -0.4 is 9.64 Å². The topological polar surface area (TPSA) is 59.0 Å². The first-order chi connectivity index (χ1) is 12.2. The van der Waals surface area contributed by atoms with Crippen LogP contribution >= 0.6 is 0 Å². The summed E-state index contributed by atoms with van der Waals surface area (Å²) < 4.78 is 10.9. The molecule has 1 aliphatic heterocycles. The van der Waals surface area contributed by atoms with Crippen LogP contribution in [0.2, 0.25) is 0 Å². The number of carbonyl (C=O) groups is 1. The summed E-state index contributed by atoms with van der Waals surface area (Å²) in [5.74, 6) is 0.902. The molecule has 1 amide bonds. The maximum Gasteiger partial charge on any atom is 0.227 e. The van der Waals surface area contributed by atoms with Crippen molar-refractivity contribution >= 4 is 11.6 Å². The van der Waals surface area contributed by atoms with Crippen LogP contribution in [0.15, 0.2) is 48.5 Å². The van der Waals surface area contributed by atoms with E-state index in [1.54, 1.807) is 12.0 Å². The maximum atomic E-state index is 12.0. The average molecular weight is 341 g/mol. The molecule has 0 aliphatic carbocycles. The standard InChI is InChI=1S/C20H23NO4/c1-24-19-9-4-16(5-10-19)14-25-13-15-2-6-17(7-3-15)21-18(12-22)8-11-20(21)23/h2-7,9-10,18,22H,8,11-14H2,1H3. The van der Waals surface area contributed by atoms with Crippen LogP contribution in [-0.4, -0.2) is 30.8 Å². The highest BCUT2D eigenvalue weighted by Crippen LogP contribution is 2.26. The lowest BCUT2D eigenvalue weighted by atomic mass is 10.2. The van der Waals surface area contributed by atoms with E-state index in [-0.39, 0.29) is 18.6 Å². The van der Waals surface area contributed by atoms with Crippen molar-refractivity contribution in [1.82, 2.24) is 0 Å². The summed E-state index contributed by atoms with van der Waals surface area (Å²) in [4.78, 5) is 13.7. The third kappa shape index (κ3) is 4.18. The summed E-state index contributed by atoms with van der Waals surface area (Å²) in [5.41, 5.74) is 2.97. The minimum Gasteiger partial charge on any atom is -0.497 e. The van der Waals surface area contributed by atoms with Crippen molar-refractivity contribution in [2.24, 2.45) is 0 Å². The van der Waals surface area contributed by atoms with Gasteiger partial charge in [0.15, 0.2) is 0 Å². The Hall–Kier alpha value is -2.37. The van der Waals surface area contributed by atoms with Crippen molar-refractivity contribution in [1.29, 1.82) is 0 Å². The number of ether oxygens (including phenoxy) is 2. The maximum absolute atomic E-state index is 12.0. The van der Waals surface area contributed by atoms with Crippen LogP contribution in [0, 0.1) is 0 Å². The minimum absolute atomic E-state index is 0.00152. The molecule has 1 atom stereocenters. The molecule has 132 valence electrons. The molecule has 3 rings (SSSR count). The number of anilines is 1. The molecular formula is C20H23NO4. The van der Waals surface area contributed by atoms with Crippen molar-refractivity contribution in [2.75, 3.05) is 18.6 Å². The smallest absolute Gasteiger partial charge is 0.227 e. The Morgan fingerprint density at radius 2 is 1.64 bits per heavy atom. The third-order valence-corrected chi connectivity index (χ3v) is 4.45. The van der Waals surface area contributed by atoms with E-state index in [1.807, 2.05) is 48.5 Å². The number of carbonyl (C=O) groups excluding carboxylic acids is 1. The van der Waals surface area contributed by atoms with E-state index in [0.717, 1.165) is 22.6 Å². The van der Waals surface area contributed by atoms with E-state index in [4.69, 9.17) is 9.47 Å². The Balaban J connectivity index is 1.54. The molecular weight excluding hydrogens is 318 g/mol. The Morgan fingerprint density at radius 1 is 1.04 bits per heavy atom. The molecule has 5 heteroatoms. The normalized spacial score (nSPS) is 17.1. The number of rotatable bonds is 7. The molecule has 1 heterocycles. The highest BCUT2D eigenvalue weighted by molar-refractivity contribution is 5.96. The molecule has 1 saturated heterocycles. The number of hydrogen-bond acceptors (Lipinski definition) is 4. The van der Waals surface area contributed by atoms with Crippen LogP contribution in [0.25, 0.3) is 0 Å². The summed E-state index contributed by atoms with van der Waals surface area (Å²) in [5, 5.41) is 9.41. The van der Waals surface area contributed by atoms with E-state index < -0.39 is 0 Å². The van der Waals surface area contributed by atoms with Crippen LogP contribution in [0.5, 0.6) is 5.75 Å². The van der Waals surface area contributed by atoms with Gasteiger partial charge in [0.2, 0.25) is 5.91 Å². The lowest BCUT2D eigenvalue weighted by molar-refractivity contribution is -0.117. The van der Waals surface area contributed by atoms with Crippen LogP contribution in [0.4, 0.5) is 5.69 Å². The van der Waals surface area contributed by atoms with Gasteiger partial charge in [0.05, 0.1) is 33.0 Å². The van der Waals surface area contributed by atoms with Gasteiger partial charge in [-0.25, -0.2) is 0 Å². The van der Waals surface area contributed by atoms with Crippen molar-refractivity contribution in [2.45, 2.75) is 32.1 Å². The Kier molecular flexibility index (Phi) is 5.68. The molecule has 0 aromatic heterocycles.